The SMILES string of the molecule is COc1ccc(CCNC(=O)CSc2nc3c(c(=O)n2Cc2ccccc2)SCC3)cc1OC. The molecule has 0 atom stereocenters. The first-order chi connectivity index (χ1) is 16.6. The van der Waals surface area contributed by atoms with Crippen LogP contribution in [-0.2, 0) is 24.2 Å². The molecule has 178 valence electrons. The van der Waals surface area contributed by atoms with Crippen molar-refractivity contribution < 1.29 is 14.3 Å². The van der Waals surface area contributed by atoms with Crippen LogP contribution in [0.3, 0.4) is 0 Å². The number of nitrogens with one attached hydrogen (secondary N) is 1. The molecular weight excluding hydrogens is 470 g/mol. The minimum absolute atomic E-state index is 0.0206. The van der Waals surface area contributed by atoms with Crippen LogP contribution in [0.5, 0.6) is 11.5 Å². The van der Waals surface area contributed by atoms with Gasteiger partial charge in [0.25, 0.3) is 5.56 Å². The summed E-state index contributed by atoms with van der Waals surface area (Å²) in [7, 11) is 3.20. The van der Waals surface area contributed by atoms with Crippen molar-refractivity contribution in [3.8, 4) is 11.5 Å². The molecule has 3 aromatic rings. The number of carbonyl (C=O) groups excluding carboxylic acids is 1. The summed E-state index contributed by atoms with van der Waals surface area (Å²) in [6, 6.07) is 15.6. The van der Waals surface area contributed by atoms with Crippen molar-refractivity contribution in [1.29, 1.82) is 0 Å². The van der Waals surface area contributed by atoms with Crippen LogP contribution in [0, 0.1) is 0 Å². The minimum Gasteiger partial charge on any atom is -0.493 e. The molecule has 7 nitrogen and oxygen atoms in total. The first-order valence-corrected chi connectivity index (χ1v) is 13.0. The number of hydrogen-bond donors (Lipinski definition) is 1. The van der Waals surface area contributed by atoms with Crippen molar-refractivity contribution in [1.82, 2.24) is 14.9 Å². The van der Waals surface area contributed by atoms with Gasteiger partial charge in [-0.1, -0.05) is 48.2 Å². The Bertz CT molecular complexity index is 1210. The van der Waals surface area contributed by atoms with Gasteiger partial charge in [-0.15, -0.1) is 11.8 Å². The predicted octanol–water partition coefficient (Wildman–Crippen LogP) is 3.41. The molecule has 1 N–H and O–H groups in total. The van der Waals surface area contributed by atoms with E-state index in [0.29, 0.717) is 36.2 Å². The molecule has 0 bridgehead atoms. The van der Waals surface area contributed by atoms with E-state index in [1.54, 1.807) is 30.5 Å². The van der Waals surface area contributed by atoms with E-state index in [-0.39, 0.29) is 17.2 Å². The van der Waals surface area contributed by atoms with Gasteiger partial charge in [0.15, 0.2) is 16.7 Å². The largest absolute Gasteiger partial charge is 0.493 e. The summed E-state index contributed by atoms with van der Waals surface area (Å²) in [5, 5.41) is 3.54. The Balaban J connectivity index is 1.38. The standard InChI is InChI=1S/C25H27N3O4S2/c1-31-20-9-8-17(14-21(20)32-2)10-12-26-22(29)16-34-25-27-19-11-13-33-23(19)24(30)28(25)15-18-6-4-3-5-7-18/h3-9,14H,10-13,15-16H2,1-2H3,(H,26,29). The molecular formula is C25H27N3O4S2. The van der Waals surface area contributed by atoms with Crippen molar-refractivity contribution >= 4 is 29.4 Å². The lowest BCUT2D eigenvalue weighted by atomic mass is 10.1. The molecule has 2 heterocycles. The van der Waals surface area contributed by atoms with Gasteiger partial charge in [-0.25, -0.2) is 4.98 Å². The van der Waals surface area contributed by atoms with Crippen molar-refractivity contribution in [3.05, 3.63) is 75.7 Å². The van der Waals surface area contributed by atoms with Crippen LogP contribution in [0.15, 0.2) is 63.4 Å². The van der Waals surface area contributed by atoms with Crippen molar-refractivity contribution in [2.24, 2.45) is 0 Å². The number of methoxy groups -OCH3 is 2. The van der Waals surface area contributed by atoms with Crippen LogP contribution in [0.25, 0.3) is 0 Å². The number of rotatable bonds is 10. The molecule has 1 aromatic heterocycles. The van der Waals surface area contributed by atoms with Gasteiger partial charge in [0.1, 0.15) is 0 Å². The highest BCUT2D eigenvalue weighted by atomic mass is 32.2. The summed E-state index contributed by atoms with van der Waals surface area (Å²) >= 11 is 2.87. The lowest BCUT2D eigenvalue weighted by molar-refractivity contribution is -0.118. The number of amides is 1. The topological polar surface area (TPSA) is 82.5 Å². The highest BCUT2D eigenvalue weighted by Crippen LogP contribution is 2.29. The molecule has 0 spiro atoms. The number of ether oxygens (including phenoxy) is 2. The quantitative estimate of drug-likeness (QED) is 0.340. The molecule has 0 aliphatic carbocycles. The Kier molecular flexibility index (Phi) is 8.18. The van der Waals surface area contributed by atoms with E-state index in [1.807, 2.05) is 48.5 Å². The zero-order chi connectivity index (χ0) is 23.9. The van der Waals surface area contributed by atoms with Gasteiger partial charge in [0.05, 0.1) is 37.1 Å². The molecule has 0 unspecified atom stereocenters. The lowest BCUT2D eigenvalue weighted by Crippen LogP contribution is -2.29. The number of hydrogen-bond acceptors (Lipinski definition) is 7. The van der Waals surface area contributed by atoms with E-state index >= 15 is 0 Å². The van der Waals surface area contributed by atoms with Crippen molar-refractivity contribution in [2.45, 2.75) is 29.4 Å². The van der Waals surface area contributed by atoms with Crippen LogP contribution in [-0.4, -0.2) is 47.7 Å². The van der Waals surface area contributed by atoms with Gasteiger partial charge in [-0.05, 0) is 29.7 Å². The molecule has 0 fully saturated rings. The number of carbonyl (C=O) groups is 1. The summed E-state index contributed by atoms with van der Waals surface area (Å²) < 4.78 is 12.3. The van der Waals surface area contributed by atoms with Gasteiger partial charge >= 0.3 is 0 Å². The fourth-order valence-corrected chi connectivity index (χ4v) is 5.59. The number of aryl methyl sites for hydroxylation is 1. The van der Waals surface area contributed by atoms with Crippen LogP contribution in [0.1, 0.15) is 16.8 Å². The third-order valence-electron chi connectivity index (χ3n) is 5.45. The predicted molar refractivity (Wildman–Crippen MR) is 135 cm³/mol. The number of benzene rings is 2. The Morgan fingerprint density at radius 1 is 1.12 bits per heavy atom. The van der Waals surface area contributed by atoms with Gasteiger partial charge in [-0.2, -0.15) is 0 Å². The summed E-state index contributed by atoms with van der Waals surface area (Å²) in [6.45, 7) is 0.934. The van der Waals surface area contributed by atoms with Crippen LogP contribution < -0.4 is 20.3 Å². The molecule has 1 aliphatic heterocycles. The van der Waals surface area contributed by atoms with E-state index in [4.69, 9.17) is 14.5 Å². The van der Waals surface area contributed by atoms with E-state index < -0.39 is 0 Å². The Morgan fingerprint density at radius 3 is 2.68 bits per heavy atom. The van der Waals surface area contributed by atoms with Gasteiger partial charge in [-0.3, -0.25) is 14.2 Å². The van der Waals surface area contributed by atoms with Crippen molar-refractivity contribution in [3.63, 3.8) is 0 Å². The van der Waals surface area contributed by atoms with Crippen LogP contribution in [0.2, 0.25) is 0 Å². The molecule has 1 amide bonds. The Labute approximate surface area is 207 Å². The summed E-state index contributed by atoms with van der Waals surface area (Å²) in [5.41, 5.74) is 2.89. The first-order valence-electron chi connectivity index (χ1n) is 11.0. The lowest BCUT2D eigenvalue weighted by Gasteiger charge is -2.14. The van der Waals surface area contributed by atoms with Gasteiger partial charge in [0, 0.05) is 18.7 Å². The number of nitrogens with zero attached hydrogens (tertiary/aromatic N) is 2. The molecule has 1 aliphatic rings. The maximum atomic E-state index is 13.1. The average molecular weight is 498 g/mol. The second-order valence-electron chi connectivity index (χ2n) is 7.72. The number of fused-ring (bicyclic) bond motifs is 1. The molecule has 0 radical (unpaired) electrons. The third-order valence-corrected chi connectivity index (χ3v) is 7.53. The monoisotopic (exact) mass is 497 g/mol. The zero-order valence-electron chi connectivity index (χ0n) is 19.2. The molecule has 2 aromatic carbocycles. The number of aromatic nitrogens is 2. The second-order valence-corrected chi connectivity index (χ2v) is 9.77. The number of thioether (sulfide) groups is 2. The minimum atomic E-state index is -0.0964. The first kappa shape index (κ1) is 24.2. The van der Waals surface area contributed by atoms with Gasteiger partial charge < -0.3 is 14.8 Å². The highest BCUT2D eigenvalue weighted by molar-refractivity contribution is 8.00. The third kappa shape index (κ3) is 5.77. The molecule has 0 saturated carbocycles. The maximum absolute atomic E-state index is 13.1. The fraction of sp³-hybridized carbons (Fsp3) is 0.320. The summed E-state index contributed by atoms with van der Waals surface area (Å²) in [6.07, 6.45) is 1.45. The van der Waals surface area contributed by atoms with E-state index in [0.717, 1.165) is 33.9 Å². The van der Waals surface area contributed by atoms with Gasteiger partial charge in [0.2, 0.25) is 5.91 Å². The van der Waals surface area contributed by atoms with E-state index in [1.165, 1.54) is 11.8 Å². The smallest absolute Gasteiger partial charge is 0.268 e. The maximum Gasteiger partial charge on any atom is 0.268 e. The van der Waals surface area contributed by atoms with Crippen LogP contribution >= 0.6 is 23.5 Å². The molecule has 4 rings (SSSR count). The fourth-order valence-electron chi connectivity index (χ4n) is 3.70. The normalized spacial score (nSPS) is 12.3. The average Bonchev–Trinajstić information content (AvgIpc) is 3.34. The van der Waals surface area contributed by atoms with E-state index in [2.05, 4.69) is 5.32 Å². The molecule has 0 saturated heterocycles. The Hall–Kier alpha value is -2.91. The Morgan fingerprint density at radius 2 is 1.91 bits per heavy atom. The summed E-state index contributed by atoms with van der Waals surface area (Å²) in [4.78, 5) is 31.1. The molecule has 34 heavy (non-hydrogen) atoms. The molecule has 9 heteroatoms. The van der Waals surface area contributed by atoms with E-state index in [9.17, 15) is 9.59 Å². The highest BCUT2D eigenvalue weighted by Gasteiger charge is 2.22. The second kappa shape index (κ2) is 11.5. The zero-order valence-corrected chi connectivity index (χ0v) is 20.8. The summed E-state index contributed by atoms with van der Waals surface area (Å²) in [5.74, 6) is 2.31. The van der Waals surface area contributed by atoms with Crippen molar-refractivity contribution in [2.75, 3.05) is 32.3 Å². The van der Waals surface area contributed by atoms with Crippen LogP contribution in [0.4, 0.5) is 0 Å².